The van der Waals surface area contributed by atoms with Crippen LogP contribution in [0.5, 0.6) is 0 Å². The van der Waals surface area contributed by atoms with Crippen molar-refractivity contribution >= 4 is 40.9 Å². The zero-order valence-electron chi connectivity index (χ0n) is 18.3. The number of carbonyl (C=O) groups excluding carboxylic acids is 2. The fraction of sp³-hybridized carbons (Fsp3) is 0.174. The Morgan fingerprint density at radius 1 is 1.06 bits per heavy atom. The molecule has 1 amide bonds. The third-order valence-corrected chi connectivity index (χ3v) is 5.52. The van der Waals surface area contributed by atoms with Crippen LogP contribution in [0.25, 0.3) is 5.82 Å². The fourth-order valence-electron chi connectivity index (χ4n) is 3.28. The van der Waals surface area contributed by atoms with Crippen LogP contribution in [0.15, 0.2) is 54.7 Å². The van der Waals surface area contributed by atoms with E-state index >= 15 is 0 Å². The number of aromatic nitrogens is 5. The van der Waals surface area contributed by atoms with E-state index in [4.69, 9.17) is 27.9 Å². The largest absolute Gasteiger partial charge is 0.451 e. The molecule has 0 fully saturated rings. The zero-order chi connectivity index (χ0) is 24.2. The van der Waals surface area contributed by atoms with Gasteiger partial charge in [0.15, 0.2) is 18.1 Å². The highest BCUT2D eigenvalue weighted by Crippen LogP contribution is 2.20. The Hall–Kier alpha value is -3.69. The van der Waals surface area contributed by atoms with Crippen molar-refractivity contribution in [3.05, 3.63) is 87.4 Å². The lowest BCUT2D eigenvalue weighted by atomic mass is 10.2. The predicted molar refractivity (Wildman–Crippen MR) is 128 cm³/mol. The molecule has 0 atom stereocenters. The Balaban J connectivity index is 1.40. The number of amides is 1. The first-order valence-electron chi connectivity index (χ1n) is 10.2. The van der Waals surface area contributed by atoms with Gasteiger partial charge in [-0.05, 0) is 43.7 Å². The third-order valence-electron chi connectivity index (χ3n) is 4.85. The first kappa shape index (κ1) is 23.5. The van der Waals surface area contributed by atoms with Gasteiger partial charge in [0.25, 0.3) is 5.91 Å². The molecule has 0 aliphatic carbocycles. The van der Waals surface area contributed by atoms with Gasteiger partial charge in [-0.1, -0.05) is 41.4 Å². The minimum atomic E-state index is -0.826. The highest BCUT2D eigenvalue weighted by molar-refractivity contribution is 6.33. The molecule has 0 saturated carbocycles. The number of nitrogens with zero attached hydrogens (tertiary/aromatic N) is 5. The van der Waals surface area contributed by atoms with Gasteiger partial charge in [-0.25, -0.2) is 19.1 Å². The molecule has 0 aliphatic rings. The number of ether oxygens (including phenoxy) is 1. The van der Waals surface area contributed by atoms with Crippen molar-refractivity contribution in [1.29, 1.82) is 0 Å². The van der Waals surface area contributed by atoms with Gasteiger partial charge in [-0.2, -0.15) is 10.2 Å². The molecule has 4 aromatic rings. The standard InChI is InChI=1S/C23H20Cl2N6O3/c1-14-11-15(2)31(29-14)20-8-7-18(25)22(28-20)23(33)34-13-21(32)27-19-9-10-26-30(19)12-16-5-3-4-6-17(16)24/h3-11H,12-13H2,1-2H3,(H,27,32). The first-order chi connectivity index (χ1) is 16.3. The second-order valence-electron chi connectivity index (χ2n) is 7.43. The first-order valence-corrected chi connectivity index (χ1v) is 11.0. The van der Waals surface area contributed by atoms with Gasteiger partial charge in [0, 0.05) is 16.8 Å². The molecule has 0 spiro atoms. The molecule has 0 unspecified atom stereocenters. The number of halogens is 2. The molecule has 3 aromatic heterocycles. The second-order valence-corrected chi connectivity index (χ2v) is 8.24. The summed E-state index contributed by atoms with van der Waals surface area (Å²) in [5, 5.41) is 11.9. The molecule has 0 bridgehead atoms. The molecule has 11 heteroatoms. The number of hydrogen-bond acceptors (Lipinski definition) is 6. The zero-order valence-corrected chi connectivity index (χ0v) is 19.8. The predicted octanol–water partition coefficient (Wildman–Crippen LogP) is 4.23. The monoisotopic (exact) mass is 498 g/mol. The van der Waals surface area contributed by atoms with Crippen LogP contribution in [0.4, 0.5) is 5.82 Å². The molecule has 0 saturated heterocycles. The maximum Gasteiger partial charge on any atom is 0.359 e. The smallest absolute Gasteiger partial charge is 0.359 e. The lowest BCUT2D eigenvalue weighted by Crippen LogP contribution is -2.23. The van der Waals surface area contributed by atoms with Crippen molar-refractivity contribution < 1.29 is 14.3 Å². The summed E-state index contributed by atoms with van der Waals surface area (Å²) >= 11 is 12.4. The molecule has 34 heavy (non-hydrogen) atoms. The number of rotatable bonds is 7. The lowest BCUT2D eigenvalue weighted by Gasteiger charge is -2.11. The van der Waals surface area contributed by atoms with Crippen molar-refractivity contribution in [2.45, 2.75) is 20.4 Å². The second kappa shape index (κ2) is 10.1. The van der Waals surface area contributed by atoms with Crippen LogP contribution < -0.4 is 5.32 Å². The Morgan fingerprint density at radius 3 is 2.59 bits per heavy atom. The molecule has 9 nitrogen and oxygen atoms in total. The van der Waals surface area contributed by atoms with E-state index in [9.17, 15) is 9.59 Å². The van der Waals surface area contributed by atoms with Gasteiger partial charge in [0.05, 0.1) is 23.5 Å². The average molecular weight is 499 g/mol. The number of anilines is 1. The molecular formula is C23H20Cl2N6O3. The number of pyridine rings is 1. The summed E-state index contributed by atoms with van der Waals surface area (Å²) in [6, 6.07) is 14.0. The Bertz CT molecular complexity index is 1360. The molecule has 3 heterocycles. The topological polar surface area (TPSA) is 104 Å². The average Bonchev–Trinajstić information content (AvgIpc) is 3.38. The molecule has 1 N–H and O–H groups in total. The fourth-order valence-corrected chi connectivity index (χ4v) is 3.66. The lowest BCUT2D eigenvalue weighted by molar-refractivity contribution is -0.119. The van der Waals surface area contributed by atoms with Crippen LogP contribution in [0, 0.1) is 13.8 Å². The molecule has 4 rings (SSSR count). The summed E-state index contributed by atoms with van der Waals surface area (Å²) in [4.78, 5) is 29.3. The van der Waals surface area contributed by atoms with Crippen molar-refractivity contribution in [2.75, 3.05) is 11.9 Å². The van der Waals surface area contributed by atoms with Crippen LogP contribution in [-0.4, -0.2) is 43.0 Å². The summed E-state index contributed by atoms with van der Waals surface area (Å²) in [5.41, 5.74) is 2.39. The van der Waals surface area contributed by atoms with Gasteiger partial charge < -0.3 is 10.1 Å². The minimum absolute atomic E-state index is 0.105. The van der Waals surface area contributed by atoms with Crippen LogP contribution in [0.1, 0.15) is 27.4 Å². The quantitative estimate of drug-likeness (QED) is 0.382. The summed E-state index contributed by atoms with van der Waals surface area (Å²) < 4.78 is 8.32. The number of esters is 1. The van der Waals surface area contributed by atoms with E-state index < -0.39 is 18.5 Å². The SMILES string of the molecule is Cc1cc(C)n(-c2ccc(Cl)c(C(=O)OCC(=O)Nc3ccnn3Cc3ccccc3Cl)n2)n1. The van der Waals surface area contributed by atoms with Crippen LogP contribution in [-0.2, 0) is 16.1 Å². The summed E-state index contributed by atoms with van der Waals surface area (Å²) in [7, 11) is 0. The van der Waals surface area contributed by atoms with E-state index in [2.05, 4.69) is 20.5 Å². The summed E-state index contributed by atoms with van der Waals surface area (Å²) in [5.74, 6) is -0.522. The minimum Gasteiger partial charge on any atom is -0.451 e. The van der Waals surface area contributed by atoms with Crippen molar-refractivity contribution in [3.63, 3.8) is 0 Å². The van der Waals surface area contributed by atoms with Crippen LogP contribution >= 0.6 is 23.2 Å². The molecular weight excluding hydrogens is 479 g/mol. The van der Waals surface area contributed by atoms with Gasteiger partial charge in [-0.15, -0.1) is 0 Å². The number of aryl methyl sites for hydroxylation is 2. The number of nitrogens with one attached hydrogen (secondary N) is 1. The van der Waals surface area contributed by atoms with Gasteiger partial charge in [0.2, 0.25) is 0 Å². The Labute approximate surface area is 205 Å². The number of carbonyl (C=O) groups is 2. The van der Waals surface area contributed by atoms with E-state index in [0.717, 1.165) is 17.0 Å². The van der Waals surface area contributed by atoms with Gasteiger partial charge >= 0.3 is 5.97 Å². The van der Waals surface area contributed by atoms with E-state index in [0.29, 0.717) is 23.2 Å². The van der Waals surface area contributed by atoms with Gasteiger partial charge in [0.1, 0.15) is 5.82 Å². The summed E-state index contributed by atoms with van der Waals surface area (Å²) in [6.45, 7) is 3.56. The highest BCUT2D eigenvalue weighted by atomic mass is 35.5. The van der Waals surface area contributed by atoms with Crippen LogP contribution in [0.3, 0.4) is 0 Å². The highest BCUT2D eigenvalue weighted by Gasteiger charge is 2.18. The summed E-state index contributed by atoms with van der Waals surface area (Å²) in [6.07, 6.45) is 1.55. The van der Waals surface area contributed by atoms with Crippen molar-refractivity contribution in [3.8, 4) is 5.82 Å². The third kappa shape index (κ3) is 5.27. The van der Waals surface area contributed by atoms with Crippen molar-refractivity contribution in [1.82, 2.24) is 24.5 Å². The molecule has 0 radical (unpaired) electrons. The maximum absolute atomic E-state index is 12.6. The van der Waals surface area contributed by atoms with Gasteiger partial charge in [-0.3, -0.25) is 4.79 Å². The number of hydrogen-bond donors (Lipinski definition) is 1. The van der Waals surface area contributed by atoms with E-state index in [1.807, 2.05) is 38.1 Å². The molecule has 0 aliphatic heterocycles. The maximum atomic E-state index is 12.6. The number of benzene rings is 1. The van der Waals surface area contributed by atoms with E-state index in [1.54, 1.807) is 33.8 Å². The molecule has 1 aromatic carbocycles. The van der Waals surface area contributed by atoms with E-state index in [1.165, 1.54) is 6.07 Å². The Morgan fingerprint density at radius 2 is 1.85 bits per heavy atom. The van der Waals surface area contributed by atoms with Crippen LogP contribution in [0.2, 0.25) is 10.0 Å². The normalized spacial score (nSPS) is 10.8. The molecule has 174 valence electrons. The van der Waals surface area contributed by atoms with Crippen molar-refractivity contribution in [2.24, 2.45) is 0 Å². The van der Waals surface area contributed by atoms with E-state index in [-0.39, 0.29) is 10.7 Å². The Kier molecular flexibility index (Phi) is 6.95.